The fraction of sp³-hybridized carbons (Fsp3) is 0.214. The number of aliphatic hydroxyl groups is 1. The molecule has 3 nitrogen and oxygen atoms in total. The summed E-state index contributed by atoms with van der Waals surface area (Å²) in [6.45, 7) is 0.620. The van der Waals surface area contributed by atoms with Crippen LogP contribution in [0.25, 0.3) is 0 Å². The number of aliphatic hydroxyl groups excluding tert-OH is 1. The van der Waals surface area contributed by atoms with E-state index in [-0.39, 0.29) is 0 Å². The van der Waals surface area contributed by atoms with Crippen molar-refractivity contribution in [2.24, 2.45) is 5.73 Å². The Morgan fingerprint density at radius 1 is 1.12 bits per heavy atom. The van der Waals surface area contributed by atoms with Crippen LogP contribution in [0.5, 0.6) is 0 Å². The normalized spacial score (nSPS) is 12.4. The van der Waals surface area contributed by atoms with Gasteiger partial charge in [-0.15, -0.1) is 0 Å². The van der Waals surface area contributed by atoms with Gasteiger partial charge in [0.15, 0.2) is 0 Å². The lowest BCUT2D eigenvalue weighted by Crippen LogP contribution is -2.04. The Balaban J connectivity index is 2.25. The van der Waals surface area contributed by atoms with Crippen LogP contribution in [0.4, 0.5) is 0 Å². The highest BCUT2D eigenvalue weighted by molar-refractivity contribution is 5.31. The fourth-order valence-corrected chi connectivity index (χ4v) is 1.82. The van der Waals surface area contributed by atoms with Crippen molar-refractivity contribution in [3.63, 3.8) is 0 Å². The molecule has 0 aliphatic heterocycles. The van der Waals surface area contributed by atoms with Crippen molar-refractivity contribution < 1.29 is 5.11 Å². The van der Waals surface area contributed by atoms with E-state index in [0.717, 1.165) is 23.1 Å². The molecule has 0 bridgehead atoms. The van der Waals surface area contributed by atoms with Gasteiger partial charge in [0.2, 0.25) is 0 Å². The van der Waals surface area contributed by atoms with E-state index < -0.39 is 6.10 Å². The minimum absolute atomic E-state index is 0.601. The average Bonchev–Trinajstić information content (AvgIpc) is 2.40. The molecular formula is C14H16N2O. The van der Waals surface area contributed by atoms with Crippen molar-refractivity contribution in [3.8, 4) is 0 Å². The van der Waals surface area contributed by atoms with E-state index in [2.05, 4.69) is 4.98 Å². The van der Waals surface area contributed by atoms with Gasteiger partial charge < -0.3 is 10.8 Å². The zero-order chi connectivity index (χ0) is 12.1. The minimum atomic E-state index is -0.601. The summed E-state index contributed by atoms with van der Waals surface area (Å²) in [5.41, 5.74) is 8.42. The smallest absolute Gasteiger partial charge is 0.104 e. The van der Waals surface area contributed by atoms with Crippen molar-refractivity contribution in [2.45, 2.75) is 12.5 Å². The monoisotopic (exact) mass is 228 g/mol. The standard InChI is InChI=1S/C14H16N2O/c15-7-4-11-2-1-3-13(10-11)14(17)12-5-8-16-9-6-12/h1-3,5-6,8-10,14,17H,4,7,15H2. The molecule has 2 rings (SSSR count). The second kappa shape index (κ2) is 5.57. The van der Waals surface area contributed by atoms with Crippen LogP contribution in [0, 0.1) is 0 Å². The number of nitrogens with two attached hydrogens (primary N) is 1. The second-order valence-corrected chi connectivity index (χ2v) is 3.97. The molecule has 1 aromatic carbocycles. The number of hydrogen-bond acceptors (Lipinski definition) is 3. The van der Waals surface area contributed by atoms with Gasteiger partial charge in [-0.1, -0.05) is 24.3 Å². The maximum absolute atomic E-state index is 10.2. The van der Waals surface area contributed by atoms with E-state index >= 15 is 0 Å². The van der Waals surface area contributed by atoms with Crippen LogP contribution in [-0.4, -0.2) is 16.6 Å². The lowest BCUT2D eigenvalue weighted by molar-refractivity contribution is 0.220. The third kappa shape index (κ3) is 2.90. The van der Waals surface area contributed by atoms with Crippen molar-refractivity contribution in [1.82, 2.24) is 4.98 Å². The van der Waals surface area contributed by atoms with Crippen LogP contribution in [-0.2, 0) is 6.42 Å². The molecule has 1 aromatic heterocycles. The van der Waals surface area contributed by atoms with E-state index in [4.69, 9.17) is 5.73 Å². The van der Waals surface area contributed by atoms with Gasteiger partial charge in [-0.3, -0.25) is 4.98 Å². The molecule has 3 N–H and O–H groups in total. The van der Waals surface area contributed by atoms with Crippen LogP contribution in [0.2, 0.25) is 0 Å². The largest absolute Gasteiger partial charge is 0.384 e. The lowest BCUT2D eigenvalue weighted by Gasteiger charge is -2.12. The molecule has 1 atom stereocenters. The molecule has 0 fully saturated rings. The van der Waals surface area contributed by atoms with E-state index in [1.54, 1.807) is 12.4 Å². The summed E-state index contributed by atoms with van der Waals surface area (Å²) in [6.07, 6.45) is 3.59. The SMILES string of the molecule is NCCc1cccc(C(O)c2ccncc2)c1. The predicted octanol–water partition coefficient (Wildman–Crippen LogP) is 1.66. The first-order valence-electron chi connectivity index (χ1n) is 5.68. The van der Waals surface area contributed by atoms with E-state index in [0.29, 0.717) is 6.54 Å². The first-order chi connectivity index (χ1) is 8.31. The van der Waals surface area contributed by atoms with Crippen LogP contribution in [0.15, 0.2) is 48.8 Å². The third-order valence-electron chi connectivity index (χ3n) is 2.72. The Hall–Kier alpha value is -1.71. The van der Waals surface area contributed by atoms with Gasteiger partial charge >= 0.3 is 0 Å². The van der Waals surface area contributed by atoms with Crippen molar-refractivity contribution in [3.05, 3.63) is 65.5 Å². The molecule has 0 aliphatic rings. The fourth-order valence-electron chi connectivity index (χ4n) is 1.82. The zero-order valence-corrected chi connectivity index (χ0v) is 9.58. The molecule has 2 aromatic rings. The van der Waals surface area contributed by atoms with Crippen LogP contribution in [0.3, 0.4) is 0 Å². The summed E-state index contributed by atoms with van der Waals surface area (Å²) in [6, 6.07) is 11.5. The number of benzene rings is 1. The number of rotatable bonds is 4. The summed E-state index contributed by atoms with van der Waals surface area (Å²) < 4.78 is 0. The third-order valence-corrected chi connectivity index (χ3v) is 2.72. The minimum Gasteiger partial charge on any atom is -0.384 e. The Morgan fingerprint density at radius 3 is 2.59 bits per heavy atom. The first kappa shape index (κ1) is 11.8. The number of pyridine rings is 1. The molecular weight excluding hydrogens is 212 g/mol. The summed E-state index contributed by atoms with van der Waals surface area (Å²) >= 11 is 0. The Bertz CT molecular complexity index is 471. The van der Waals surface area contributed by atoms with E-state index in [1.165, 1.54) is 0 Å². The Labute approximate surface area is 101 Å². The molecule has 0 saturated heterocycles. The quantitative estimate of drug-likeness (QED) is 0.836. The Morgan fingerprint density at radius 2 is 1.88 bits per heavy atom. The average molecular weight is 228 g/mol. The van der Waals surface area contributed by atoms with E-state index in [1.807, 2.05) is 36.4 Å². The van der Waals surface area contributed by atoms with Crippen LogP contribution in [0.1, 0.15) is 22.8 Å². The van der Waals surface area contributed by atoms with Gasteiger partial charge in [0, 0.05) is 12.4 Å². The molecule has 0 aliphatic carbocycles. The number of hydrogen-bond donors (Lipinski definition) is 2. The maximum Gasteiger partial charge on any atom is 0.104 e. The van der Waals surface area contributed by atoms with Crippen LogP contribution < -0.4 is 5.73 Å². The van der Waals surface area contributed by atoms with Crippen molar-refractivity contribution in [1.29, 1.82) is 0 Å². The number of nitrogens with zero attached hydrogens (tertiary/aromatic N) is 1. The molecule has 0 amide bonds. The summed E-state index contributed by atoms with van der Waals surface area (Å²) in [7, 11) is 0. The first-order valence-corrected chi connectivity index (χ1v) is 5.68. The van der Waals surface area contributed by atoms with Gasteiger partial charge in [0.1, 0.15) is 6.10 Å². The maximum atomic E-state index is 10.2. The zero-order valence-electron chi connectivity index (χ0n) is 9.58. The van der Waals surface area contributed by atoms with Crippen molar-refractivity contribution >= 4 is 0 Å². The van der Waals surface area contributed by atoms with Gasteiger partial charge in [-0.25, -0.2) is 0 Å². The highest BCUT2D eigenvalue weighted by Gasteiger charge is 2.09. The summed E-state index contributed by atoms with van der Waals surface area (Å²) in [5.74, 6) is 0. The molecule has 0 radical (unpaired) electrons. The molecule has 0 spiro atoms. The number of aromatic nitrogens is 1. The predicted molar refractivity (Wildman–Crippen MR) is 67.5 cm³/mol. The van der Waals surface area contributed by atoms with E-state index in [9.17, 15) is 5.11 Å². The second-order valence-electron chi connectivity index (χ2n) is 3.97. The molecule has 88 valence electrons. The summed E-state index contributed by atoms with van der Waals surface area (Å²) in [4.78, 5) is 3.94. The molecule has 1 unspecified atom stereocenters. The Kier molecular flexibility index (Phi) is 3.85. The van der Waals surface area contributed by atoms with Crippen LogP contribution >= 0.6 is 0 Å². The molecule has 17 heavy (non-hydrogen) atoms. The molecule has 1 heterocycles. The molecule has 3 heteroatoms. The highest BCUT2D eigenvalue weighted by Crippen LogP contribution is 2.21. The van der Waals surface area contributed by atoms with Gasteiger partial charge in [0.25, 0.3) is 0 Å². The topological polar surface area (TPSA) is 59.1 Å². The highest BCUT2D eigenvalue weighted by atomic mass is 16.3. The van der Waals surface area contributed by atoms with Crippen molar-refractivity contribution in [2.75, 3.05) is 6.54 Å². The van der Waals surface area contributed by atoms with Gasteiger partial charge in [-0.05, 0) is 41.8 Å². The lowest BCUT2D eigenvalue weighted by atomic mass is 10.00. The van der Waals surface area contributed by atoms with Gasteiger partial charge in [0.05, 0.1) is 0 Å². The summed E-state index contributed by atoms with van der Waals surface area (Å²) in [5, 5.41) is 10.2. The van der Waals surface area contributed by atoms with Gasteiger partial charge in [-0.2, -0.15) is 0 Å². The molecule has 0 saturated carbocycles.